The van der Waals surface area contributed by atoms with Crippen molar-refractivity contribution in [2.45, 2.75) is 31.0 Å². The highest BCUT2D eigenvalue weighted by Gasteiger charge is 2.30. The fourth-order valence-corrected chi connectivity index (χ4v) is 5.11. The van der Waals surface area contributed by atoms with E-state index in [1.165, 1.54) is 4.31 Å². The maximum Gasteiger partial charge on any atom is 0.276 e. The van der Waals surface area contributed by atoms with Gasteiger partial charge in [-0.2, -0.15) is 4.31 Å². The van der Waals surface area contributed by atoms with Crippen LogP contribution in [0.15, 0.2) is 76.2 Å². The first-order chi connectivity index (χ1) is 14.6. The van der Waals surface area contributed by atoms with Crippen molar-refractivity contribution in [3.05, 3.63) is 78.1 Å². The Balaban J connectivity index is 1.57. The summed E-state index contributed by atoms with van der Waals surface area (Å²) in [5.74, 6) is 1.40. The molecule has 0 N–H and O–H groups in total. The Morgan fingerprint density at radius 1 is 0.933 bits per heavy atom. The van der Waals surface area contributed by atoms with E-state index >= 15 is 0 Å². The molecule has 0 amide bonds. The summed E-state index contributed by atoms with van der Waals surface area (Å²) < 4.78 is 38.1. The summed E-state index contributed by atoms with van der Waals surface area (Å²) in [6.45, 7) is 2.24. The van der Waals surface area contributed by atoms with Gasteiger partial charge >= 0.3 is 0 Å². The van der Waals surface area contributed by atoms with E-state index in [0.29, 0.717) is 31.9 Å². The van der Waals surface area contributed by atoms with Crippen LogP contribution >= 0.6 is 0 Å². The summed E-state index contributed by atoms with van der Waals surface area (Å²) >= 11 is 0. The molecule has 0 radical (unpaired) electrons. The van der Waals surface area contributed by atoms with Crippen LogP contribution < -0.4 is 9.64 Å². The second-order valence-corrected chi connectivity index (χ2v) is 9.24. The van der Waals surface area contributed by atoms with Crippen LogP contribution in [0.2, 0.25) is 0 Å². The normalized spacial score (nSPS) is 14.7. The quantitative estimate of drug-likeness (QED) is 0.538. The largest absolute Gasteiger partial charge is 0.497 e. The molecule has 1 aliphatic heterocycles. The molecule has 1 aliphatic rings. The van der Waals surface area contributed by atoms with E-state index in [4.69, 9.17) is 9.15 Å². The minimum Gasteiger partial charge on any atom is -0.497 e. The lowest BCUT2D eigenvalue weighted by molar-refractivity contribution is 0.387. The Hall–Kier alpha value is -2.77. The van der Waals surface area contributed by atoms with Gasteiger partial charge < -0.3 is 14.1 Å². The van der Waals surface area contributed by atoms with Gasteiger partial charge in [-0.25, -0.2) is 8.42 Å². The van der Waals surface area contributed by atoms with Gasteiger partial charge in [0.15, 0.2) is 0 Å². The van der Waals surface area contributed by atoms with Crippen molar-refractivity contribution in [3.8, 4) is 5.75 Å². The standard InChI is InChI=1S/C23H26N2O4S/c1-28-21-11-9-20(10-12-21)24(17-19-7-3-2-4-8-19)18-22-13-14-23(29-22)30(26,27)25-15-5-6-16-25/h2-4,7-14H,5-6,15-18H2,1H3. The fraction of sp³-hybridized carbons (Fsp3) is 0.304. The number of methoxy groups -OCH3 is 1. The summed E-state index contributed by atoms with van der Waals surface area (Å²) in [5.41, 5.74) is 2.16. The van der Waals surface area contributed by atoms with Gasteiger partial charge in [0.1, 0.15) is 11.5 Å². The van der Waals surface area contributed by atoms with Gasteiger partial charge in [-0.1, -0.05) is 30.3 Å². The first kappa shape index (κ1) is 20.5. The van der Waals surface area contributed by atoms with Gasteiger partial charge in [0, 0.05) is 25.3 Å². The molecule has 2 heterocycles. The van der Waals surface area contributed by atoms with Crippen LogP contribution in [0.1, 0.15) is 24.2 Å². The predicted octanol–water partition coefficient (Wildman–Crippen LogP) is 4.28. The minimum atomic E-state index is -3.55. The SMILES string of the molecule is COc1ccc(N(Cc2ccccc2)Cc2ccc(S(=O)(=O)N3CCCC3)o2)cc1. The number of rotatable bonds is 8. The topological polar surface area (TPSA) is 63.0 Å². The van der Waals surface area contributed by atoms with E-state index < -0.39 is 10.0 Å². The number of anilines is 1. The zero-order valence-corrected chi connectivity index (χ0v) is 17.8. The molecule has 1 aromatic heterocycles. The van der Waals surface area contributed by atoms with Crippen LogP contribution in [-0.4, -0.2) is 32.9 Å². The molecule has 30 heavy (non-hydrogen) atoms. The zero-order chi connectivity index (χ0) is 21.0. The van der Waals surface area contributed by atoms with Gasteiger partial charge in [-0.3, -0.25) is 0 Å². The van der Waals surface area contributed by atoms with Crippen molar-refractivity contribution in [3.63, 3.8) is 0 Å². The number of ether oxygens (including phenoxy) is 1. The van der Waals surface area contributed by atoms with E-state index in [0.717, 1.165) is 29.8 Å². The monoisotopic (exact) mass is 426 g/mol. The molecule has 7 heteroatoms. The van der Waals surface area contributed by atoms with E-state index in [1.54, 1.807) is 19.2 Å². The second-order valence-electron chi connectivity index (χ2n) is 7.37. The third-order valence-electron chi connectivity index (χ3n) is 5.30. The maximum absolute atomic E-state index is 12.8. The van der Waals surface area contributed by atoms with Gasteiger partial charge in [-0.05, 0) is 54.8 Å². The van der Waals surface area contributed by atoms with Gasteiger partial charge in [0.05, 0.1) is 13.7 Å². The summed E-state index contributed by atoms with van der Waals surface area (Å²) in [4.78, 5) is 2.15. The van der Waals surface area contributed by atoms with E-state index in [1.807, 2.05) is 42.5 Å². The Labute approximate surface area is 177 Å². The fourth-order valence-electron chi connectivity index (χ4n) is 3.66. The van der Waals surface area contributed by atoms with Crippen LogP contribution in [0.3, 0.4) is 0 Å². The number of nitrogens with zero attached hydrogens (tertiary/aromatic N) is 2. The molecule has 0 unspecified atom stereocenters. The highest BCUT2D eigenvalue weighted by atomic mass is 32.2. The third kappa shape index (κ3) is 4.52. The van der Waals surface area contributed by atoms with Crippen molar-refractivity contribution in [1.82, 2.24) is 4.31 Å². The first-order valence-electron chi connectivity index (χ1n) is 10.1. The van der Waals surface area contributed by atoms with Crippen LogP contribution in [0, 0.1) is 0 Å². The van der Waals surface area contributed by atoms with Crippen molar-refractivity contribution < 1.29 is 17.6 Å². The van der Waals surface area contributed by atoms with Crippen molar-refractivity contribution in [2.24, 2.45) is 0 Å². The maximum atomic E-state index is 12.8. The number of sulfonamides is 1. The molecule has 3 aromatic rings. The van der Waals surface area contributed by atoms with Gasteiger partial charge in [0.2, 0.25) is 5.09 Å². The smallest absolute Gasteiger partial charge is 0.276 e. The van der Waals surface area contributed by atoms with Crippen molar-refractivity contribution in [2.75, 3.05) is 25.1 Å². The van der Waals surface area contributed by atoms with E-state index in [-0.39, 0.29) is 5.09 Å². The second kappa shape index (κ2) is 8.93. The molecule has 0 bridgehead atoms. The first-order valence-corrected chi connectivity index (χ1v) is 11.5. The molecular formula is C23H26N2O4S. The lowest BCUT2D eigenvalue weighted by Crippen LogP contribution is -2.27. The molecule has 2 aromatic carbocycles. The summed E-state index contributed by atoms with van der Waals surface area (Å²) in [7, 11) is -1.91. The number of benzene rings is 2. The van der Waals surface area contributed by atoms with Crippen LogP contribution in [0.4, 0.5) is 5.69 Å². The molecule has 0 spiro atoms. The Kier molecular flexibility index (Phi) is 6.11. The Morgan fingerprint density at radius 3 is 2.30 bits per heavy atom. The summed E-state index contributed by atoms with van der Waals surface area (Å²) in [6, 6.07) is 21.3. The Bertz CT molecular complexity index is 1060. The minimum absolute atomic E-state index is 0.0220. The van der Waals surface area contributed by atoms with E-state index in [9.17, 15) is 8.42 Å². The lowest BCUT2D eigenvalue weighted by Gasteiger charge is -2.24. The highest BCUT2D eigenvalue weighted by molar-refractivity contribution is 7.89. The van der Waals surface area contributed by atoms with Crippen LogP contribution in [0.25, 0.3) is 0 Å². The van der Waals surface area contributed by atoms with Crippen molar-refractivity contribution >= 4 is 15.7 Å². The zero-order valence-electron chi connectivity index (χ0n) is 17.0. The predicted molar refractivity (Wildman–Crippen MR) is 116 cm³/mol. The lowest BCUT2D eigenvalue weighted by atomic mass is 10.2. The molecule has 0 atom stereocenters. The summed E-state index contributed by atoms with van der Waals surface area (Å²) in [6.07, 6.45) is 1.80. The molecular weight excluding hydrogens is 400 g/mol. The summed E-state index contributed by atoms with van der Waals surface area (Å²) in [5, 5.41) is 0.0220. The third-order valence-corrected chi connectivity index (χ3v) is 7.07. The number of hydrogen-bond donors (Lipinski definition) is 0. The molecule has 4 rings (SSSR count). The Morgan fingerprint density at radius 2 is 1.63 bits per heavy atom. The van der Waals surface area contributed by atoms with Gasteiger partial charge in [-0.15, -0.1) is 0 Å². The average molecular weight is 427 g/mol. The average Bonchev–Trinajstić information content (AvgIpc) is 3.47. The van der Waals surface area contributed by atoms with Crippen LogP contribution in [-0.2, 0) is 23.1 Å². The molecule has 1 fully saturated rings. The highest BCUT2D eigenvalue weighted by Crippen LogP contribution is 2.26. The molecule has 0 saturated carbocycles. The van der Waals surface area contributed by atoms with Crippen molar-refractivity contribution in [1.29, 1.82) is 0 Å². The molecule has 0 aliphatic carbocycles. The van der Waals surface area contributed by atoms with Crippen LogP contribution in [0.5, 0.6) is 5.75 Å². The van der Waals surface area contributed by atoms with Gasteiger partial charge in [0.25, 0.3) is 10.0 Å². The number of hydrogen-bond acceptors (Lipinski definition) is 5. The molecule has 6 nitrogen and oxygen atoms in total. The molecule has 158 valence electrons. The number of furan rings is 1. The van der Waals surface area contributed by atoms with E-state index in [2.05, 4.69) is 17.0 Å². The molecule has 1 saturated heterocycles.